The van der Waals surface area contributed by atoms with Gasteiger partial charge in [0.1, 0.15) is 0 Å². The SMILES string of the molecule is [2H]c1c([2H])c(C)c([2H])c([C@@H](O)C([2H])([2H])NCC([2H])([2H])Cc2cccc(-c3cccc(C(=O)O)c3)c2)c1[2H]. The van der Waals surface area contributed by atoms with E-state index < -0.39 is 55.2 Å². The van der Waals surface area contributed by atoms with E-state index in [9.17, 15) is 15.0 Å². The molecule has 0 fully saturated rings. The number of carboxylic acid groups (broad SMARTS) is 1. The van der Waals surface area contributed by atoms with E-state index in [2.05, 4.69) is 5.32 Å². The average molecular weight is 398 g/mol. The van der Waals surface area contributed by atoms with Crippen LogP contribution < -0.4 is 5.32 Å². The fourth-order valence-corrected chi connectivity index (χ4v) is 2.78. The van der Waals surface area contributed by atoms with Gasteiger partial charge < -0.3 is 15.5 Å². The first-order chi connectivity index (χ1) is 17.1. The van der Waals surface area contributed by atoms with Gasteiger partial charge in [0.25, 0.3) is 0 Å². The summed E-state index contributed by atoms with van der Waals surface area (Å²) in [6, 6.07) is 11.4. The fraction of sp³-hybridized carbons (Fsp3) is 0.240. The largest absolute Gasteiger partial charge is 0.478 e. The predicted molar refractivity (Wildman–Crippen MR) is 116 cm³/mol. The maximum Gasteiger partial charge on any atom is 0.335 e. The van der Waals surface area contributed by atoms with E-state index in [1.165, 1.54) is 19.1 Å². The van der Waals surface area contributed by atoms with Crippen LogP contribution in [0.4, 0.5) is 0 Å². The normalized spacial score (nSPS) is 16.9. The second-order valence-electron chi connectivity index (χ2n) is 6.45. The standard InChI is InChI=1S/C25H27NO3/c1-18-6-2-11-22(14-18)24(27)17-26-13-5-8-19-7-3-9-20(15-19)21-10-4-12-23(16-21)25(28)29/h2-4,6-7,9-12,14-16,24,26-27H,5,8,13,17H2,1H3,(H,28,29)/t24-/m0/s1/i2D,5D2,6D,11D,14D,17D2. The van der Waals surface area contributed by atoms with Crippen LogP contribution in [-0.2, 0) is 6.42 Å². The molecule has 0 radical (unpaired) electrons. The van der Waals surface area contributed by atoms with Gasteiger partial charge in [0.15, 0.2) is 0 Å². The van der Waals surface area contributed by atoms with Gasteiger partial charge in [0.05, 0.1) is 17.2 Å². The highest BCUT2D eigenvalue weighted by Gasteiger charge is 2.07. The van der Waals surface area contributed by atoms with Crippen molar-refractivity contribution in [3.8, 4) is 11.1 Å². The second-order valence-corrected chi connectivity index (χ2v) is 6.45. The molecule has 0 aliphatic carbocycles. The third kappa shape index (κ3) is 6.01. The molecule has 0 aliphatic heterocycles. The molecule has 3 aromatic rings. The smallest absolute Gasteiger partial charge is 0.335 e. The highest BCUT2D eigenvalue weighted by atomic mass is 16.4. The zero-order valence-electron chi connectivity index (χ0n) is 23.9. The van der Waals surface area contributed by atoms with Crippen molar-refractivity contribution >= 4 is 5.97 Å². The summed E-state index contributed by atoms with van der Waals surface area (Å²) < 4.78 is 65.0. The van der Waals surface area contributed by atoms with Crippen LogP contribution in [0.5, 0.6) is 0 Å². The summed E-state index contributed by atoms with van der Waals surface area (Å²) in [7, 11) is 0. The molecule has 1 atom stereocenters. The molecule has 0 spiro atoms. The zero-order valence-corrected chi connectivity index (χ0v) is 15.9. The van der Waals surface area contributed by atoms with Gasteiger partial charge in [-0.2, -0.15) is 0 Å². The molecular formula is C25H27NO3. The molecule has 0 saturated carbocycles. The van der Waals surface area contributed by atoms with Gasteiger partial charge in [-0.25, -0.2) is 4.79 Å². The topological polar surface area (TPSA) is 69.6 Å². The average Bonchev–Trinajstić information content (AvgIpc) is 2.85. The van der Waals surface area contributed by atoms with Crippen molar-refractivity contribution in [2.45, 2.75) is 25.8 Å². The van der Waals surface area contributed by atoms with Gasteiger partial charge in [-0.3, -0.25) is 0 Å². The first-order valence-corrected chi connectivity index (χ1v) is 9.07. The minimum atomic E-state index is -2.64. The molecule has 29 heavy (non-hydrogen) atoms. The Labute approximate surface area is 183 Å². The number of carbonyl (C=O) groups is 1. The minimum Gasteiger partial charge on any atom is -0.478 e. The van der Waals surface area contributed by atoms with Crippen LogP contribution >= 0.6 is 0 Å². The molecule has 0 amide bonds. The molecular weight excluding hydrogens is 362 g/mol. The maximum atomic E-state index is 11.3. The first-order valence-electron chi connectivity index (χ1n) is 13.1. The Hall–Kier alpha value is -2.95. The molecule has 0 heterocycles. The van der Waals surface area contributed by atoms with Crippen molar-refractivity contribution < 1.29 is 26.0 Å². The molecule has 0 aliphatic rings. The molecule has 4 nitrogen and oxygen atoms in total. The fourth-order valence-electron chi connectivity index (χ4n) is 2.78. The molecule has 0 unspecified atom stereocenters. The van der Waals surface area contributed by atoms with Crippen molar-refractivity contribution in [3.05, 3.63) is 95.0 Å². The number of benzene rings is 3. The van der Waals surface area contributed by atoms with Crippen LogP contribution in [0.3, 0.4) is 0 Å². The van der Waals surface area contributed by atoms with Crippen LogP contribution in [-0.4, -0.2) is 29.2 Å². The number of hydrogen-bond donors (Lipinski definition) is 3. The first kappa shape index (κ1) is 12.6. The zero-order chi connectivity index (χ0) is 27.7. The molecule has 3 N–H and O–H groups in total. The Morgan fingerprint density at radius 2 is 1.93 bits per heavy atom. The summed E-state index contributed by atoms with van der Waals surface area (Å²) in [6.07, 6.45) is -4.13. The van der Waals surface area contributed by atoms with Crippen molar-refractivity contribution in [2.24, 2.45) is 0 Å². The lowest BCUT2D eigenvalue weighted by Gasteiger charge is -2.13. The van der Waals surface area contributed by atoms with E-state index >= 15 is 0 Å². The third-order valence-electron chi connectivity index (χ3n) is 4.19. The molecule has 150 valence electrons. The Morgan fingerprint density at radius 1 is 1.17 bits per heavy atom. The number of carboxylic acids is 1. The van der Waals surface area contributed by atoms with Crippen LogP contribution in [0.15, 0.2) is 72.7 Å². The second kappa shape index (κ2) is 10.0. The van der Waals surface area contributed by atoms with Crippen LogP contribution in [0.25, 0.3) is 11.1 Å². The summed E-state index contributed by atoms with van der Waals surface area (Å²) in [4.78, 5) is 11.3. The monoisotopic (exact) mass is 397 g/mol. The molecule has 4 heteroatoms. The Morgan fingerprint density at radius 3 is 2.72 bits per heavy atom. The van der Waals surface area contributed by atoms with E-state index in [0.29, 0.717) is 16.7 Å². The molecule has 0 aromatic heterocycles. The maximum absolute atomic E-state index is 11.3. The summed E-state index contributed by atoms with van der Waals surface area (Å²) in [5.41, 5.74) is 1.66. The van der Waals surface area contributed by atoms with Crippen LogP contribution in [0.2, 0.25) is 0 Å². The quantitative estimate of drug-likeness (QED) is 0.493. The Balaban J connectivity index is 1.77. The van der Waals surface area contributed by atoms with E-state index in [0.717, 1.165) is 0 Å². The third-order valence-corrected chi connectivity index (χ3v) is 4.19. The lowest BCUT2D eigenvalue weighted by Crippen LogP contribution is -2.22. The van der Waals surface area contributed by atoms with Gasteiger partial charge in [-0.1, -0.05) is 66.1 Å². The van der Waals surface area contributed by atoms with Gasteiger partial charge in [0, 0.05) is 12.0 Å². The van der Waals surface area contributed by atoms with E-state index in [1.807, 2.05) is 0 Å². The highest BCUT2D eigenvalue weighted by Crippen LogP contribution is 2.22. The van der Waals surface area contributed by atoms with Gasteiger partial charge in [0.2, 0.25) is 0 Å². The molecule has 3 aromatic carbocycles. The minimum absolute atomic E-state index is 0.0370. The number of rotatable bonds is 9. The Bertz CT molecular complexity index is 1300. The highest BCUT2D eigenvalue weighted by molar-refractivity contribution is 5.89. The lowest BCUT2D eigenvalue weighted by molar-refractivity contribution is 0.0697. The van der Waals surface area contributed by atoms with E-state index in [1.54, 1.807) is 36.4 Å². The lowest BCUT2D eigenvalue weighted by atomic mass is 9.99. The van der Waals surface area contributed by atoms with Gasteiger partial charge in [-0.15, -0.1) is 0 Å². The summed E-state index contributed by atoms with van der Waals surface area (Å²) >= 11 is 0. The van der Waals surface area contributed by atoms with Gasteiger partial charge >= 0.3 is 5.97 Å². The van der Waals surface area contributed by atoms with Crippen molar-refractivity contribution in [1.82, 2.24) is 5.32 Å². The number of aromatic carboxylic acids is 1. The molecule has 0 saturated heterocycles. The van der Waals surface area contributed by atoms with Crippen LogP contribution in [0.1, 0.15) is 50.5 Å². The number of aliphatic hydroxyl groups is 1. The predicted octanol–water partition coefficient (Wildman–Crippen LogP) is 4.62. The summed E-state index contributed by atoms with van der Waals surface area (Å²) in [6.45, 7) is -1.77. The number of aryl methyl sites for hydroxylation is 1. The molecule has 0 bridgehead atoms. The van der Waals surface area contributed by atoms with Crippen molar-refractivity contribution in [3.63, 3.8) is 0 Å². The summed E-state index contributed by atoms with van der Waals surface area (Å²) in [5, 5.41) is 22.3. The van der Waals surface area contributed by atoms with Crippen molar-refractivity contribution in [2.75, 3.05) is 13.0 Å². The van der Waals surface area contributed by atoms with Crippen molar-refractivity contribution in [1.29, 1.82) is 0 Å². The van der Waals surface area contributed by atoms with Gasteiger partial charge in [-0.05, 0) is 60.6 Å². The molecule has 3 rings (SSSR count). The van der Waals surface area contributed by atoms with Crippen LogP contribution in [0, 0.1) is 6.92 Å². The Kier molecular flexibility index (Phi) is 4.34. The number of hydrogen-bond acceptors (Lipinski definition) is 3. The van der Waals surface area contributed by atoms with E-state index in [-0.39, 0.29) is 23.6 Å². The number of aliphatic hydroxyl groups excluding tert-OH is 1. The number of nitrogens with one attached hydrogen (secondary N) is 1. The summed E-state index contributed by atoms with van der Waals surface area (Å²) in [5.74, 6) is -1.06. The van der Waals surface area contributed by atoms with E-state index in [4.69, 9.17) is 11.0 Å².